The van der Waals surface area contributed by atoms with Crippen LogP contribution in [-0.2, 0) is 6.18 Å². The number of hydrogen-bond donors (Lipinski definition) is 3. The van der Waals surface area contributed by atoms with Crippen LogP contribution in [0.1, 0.15) is 29.0 Å². The van der Waals surface area contributed by atoms with E-state index in [2.05, 4.69) is 20.7 Å². The number of rotatable bonds is 5. The second-order valence-corrected chi connectivity index (χ2v) is 5.37. The molecular formula is C13H11F3N6O3. The number of amides is 1. The molecule has 1 heterocycles. The van der Waals surface area contributed by atoms with E-state index in [0.717, 1.165) is 18.9 Å². The van der Waals surface area contributed by atoms with E-state index >= 15 is 0 Å². The van der Waals surface area contributed by atoms with E-state index in [4.69, 9.17) is 0 Å². The maximum Gasteiger partial charge on any atom is 0.451 e. The molecule has 1 aliphatic rings. The molecule has 1 amide bonds. The summed E-state index contributed by atoms with van der Waals surface area (Å²) in [6, 6.07) is 3.92. The van der Waals surface area contributed by atoms with Gasteiger partial charge < -0.3 is 5.32 Å². The maximum absolute atomic E-state index is 12.4. The highest BCUT2D eigenvalue weighted by atomic mass is 19.4. The minimum atomic E-state index is -4.73. The van der Waals surface area contributed by atoms with Crippen molar-refractivity contribution in [2.75, 3.05) is 10.6 Å². The zero-order valence-electron chi connectivity index (χ0n) is 12.4. The number of aromatic nitrogens is 3. The van der Waals surface area contributed by atoms with Gasteiger partial charge >= 0.3 is 6.18 Å². The van der Waals surface area contributed by atoms with Gasteiger partial charge in [0.25, 0.3) is 11.6 Å². The lowest BCUT2D eigenvalue weighted by Gasteiger charge is -2.07. The van der Waals surface area contributed by atoms with Crippen molar-refractivity contribution < 1.29 is 22.9 Å². The molecule has 0 spiro atoms. The number of nitro groups is 1. The predicted octanol–water partition coefficient (Wildman–Crippen LogP) is 2.56. The van der Waals surface area contributed by atoms with Crippen LogP contribution in [0.3, 0.4) is 0 Å². The number of anilines is 2. The number of carbonyl (C=O) groups is 1. The van der Waals surface area contributed by atoms with Crippen LogP contribution in [0.5, 0.6) is 0 Å². The van der Waals surface area contributed by atoms with E-state index in [1.165, 1.54) is 12.1 Å². The van der Waals surface area contributed by atoms with Crippen LogP contribution in [0.2, 0.25) is 0 Å². The van der Waals surface area contributed by atoms with Gasteiger partial charge in [0.2, 0.25) is 11.8 Å². The highest BCUT2D eigenvalue weighted by Crippen LogP contribution is 2.32. The number of nitrogens with one attached hydrogen (secondary N) is 3. The van der Waals surface area contributed by atoms with Crippen molar-refractivity contribution in [3.8, 4) is 0 Å². The lowest BCUT2D eigenvalue weighted by Crippen LogP contribution is -2.14. The summed E-state index contributed by atoms with van der Waals surface area (Å²) in [5, 5.41) is 21.1. The van der Waals surface area contributed by atoms with Crippen molar-refractivity contribution in [2.24, 2.45) is 0 Å². The molecule has 1 aliphatic carbocycles. The van der Waals surface area contributed by atoms with E-state index < -0.39 is 28.8 Å². The molecule has 3 N–H and O–H groups in total. The van der Waals surface area contributed by atoms with E-state index in [-0.39, 0.29) is 23.0 Å². The van der Waals surface area contributed by atoms with Crippen molar-refractivity contribution in [3.05, 3.63) is 39.7 Å². The standard InChI is InChI=1S/C13H11F3N6O3/c14-13(15,16)11-19-12(21-20-11)18-10(23)6-1-4-8(17-7-2-3-7)9(5-6)22(24)25/h1,4-5,7,17H,2-3H2,(H2,18,19,20,21,23). The minimum Gasteiger partial charge on any atom is -0.377 e. The first-order valence-electron chi connectivity index (χ1n) is 7.10. The number of H-pyrrole nitrogens is 1. The molecule has 0 aliphatic heterocycles. The zero-order valence-corrected chi connectivity index (χ0v) is 12.4. The van der Waals surface area contributed by atoms with Crippen LogP contribution < -0.4 is 10.6 Å². The molecule has 0 unspecified atom stereocenters. The normalized spacial score (nSPS) is 14.2. The molecule has 0 radical (unpaired) electrons. The van der Waals surface area contributed by atoms with Gasteiger partial charge in [-0.05, 0) is 25.0 Å². The van der Waals surface area contributed by atoms with Crippen LogP contribution in [0, 0.1) is 10.1 Å². The lowest BCUT2D eigenvalue weighted by molar-refractivity contribution is -0.384. The summed E-state index contributed by atoms with van der Waals surface area (Å²) in [5.41, 5.74) is -0.127. The first kappa shape index (κ1) is 16.7. The molecule has 0 saturated heterocycles. The maximum atomic E-state index is 12.4. The molecule has 1 aromatic heterocycles. The summed E-state index contributed by atoms with van der Waals surface area (Å²) in [6.07, 6.45) is -2.91. The quantitative estimate of drug-likeness (QED) is 0.558. The summed E-state index contributed by atoms with van der Waals surface area (Å²) < 4.78 is 37.3. The third kappa shape index (κ3) is 3.84. The SMILES string of the molecule is O=C(Nc1n[nH]c(C(F)(F)F)n1)c1ccc(NC2CC2)c([N+](=O)[O-])c1. The van der Waals surface area contributed by atoms with Crippen molar-refractivity contribution in [1.82, 2.24) is 15.2 Å². The summed E-state index contributed by atoms with van der Waals surface area (Å²) in [5.74, 6) is -2.81. The molecule has 0 atom stereocenters. The summed E-state index contributed by atoms with van der Waals surface area (Å²) in [7, 11) is 0. The number of hydrogen-bond acceptors (Lipinski definition) is 6. The molecule has 0 bridgehead atoms. The zero-order chi connectivity index (χ0) is 18.2. The van der Waals surface area contributed by atoms with Crippen molar-refractivity contribution in [2.45, 2.75) is 25.1 Å². The Morgan fingerprint density at radius 2 is 2.08 bits per heavy atom. The number of carbonyl (C=O) groups excluding carboxylic acids is 1. The highest BCUT2D eigenvalue weighted by molar-refractivity contribution is 6.04. The molecule has 12 heteroatoms. The van der Waals surface area contributed by atoms with Crippen LogP contribution in [-0.4, -0.2) is 32.1 Å². The fourth-order valence-corrected chi connectivity index (χ4v) is 2.01. The van der Waals surface area contributed by atoms with E-state index in [1.807, 2.05) is 0 Å². The Bertz CT molecular complexity index is 831. The van der Waals surface area contributed by atoms with Gasteiger partial charge in [0, 0.05) is 17.7 Å². The van der Waals surface area contributed by atoms with E-state index in [0.29, 0.717) is 0 Å². The fraction of sp³-hybridized carbons (Fsp3) is 0.308. The fourth-order valence-electron chi connectivity index (χ4n) is 2.01. The first-order chi connectivity index (χ1) is 11.7. The number of alkyl halides is 3. The Balaban J connectivity index is 1.78. The lowest BCUT2D eigenvalue weighted by atomic mass is 10.1. The number of nitro benzene ring substituents is 1. The third-order valence-corrected chi connectivity index (χ3v) is 3.37. The molecule has 9 nitrogen and oxygen atoms in total. The Hall–Kier alpha value is -3.18. The summed E-state index contributed by atoms with van der Waals surface area (Å²) >= 11 is 0. The van der Waals surface area contributed by atoms with E-state index in [1.54, 1.807) is 5.10 Å². The predicted molar refractivity (Wildman–Crippen MR) is 79.1 cm³/mol. The molecule has 2 aromatic rings. The Kier molecular flexibility index (Phi) is 4.02. The Labute approximate surface area is 137 Å². The second kappa shape index (κ2) is 6.03. The number of halogens is 3. The first-order valence-corrected chi connectivity index (χ1v) is 7.10. The van der Waals surface area contributed by atoms with Crippen LogP contribution in [0.4, 0.5) is 30.5 Å². The van der Waals surface area contributed by atoms with E-state index in [9.17, 15) is 28.1 Å². The Morgan fingerprint density at radius 3 is 2.64 bits per heavy atom. The van der Waals surface area contributed by atoms with Gasteiger partial charge in [0.05, 0.1) is 4.92 Å². The van der Waals surface area contributed by atoms with Gasteiger partial charge in [-0.3, -0.25) is 25.3 Å². The summed E-state index contributed by atoms with van der Waals surface area (Å²) in [6.45, 7) is 0. The molecule has 1 aromatic carbocycles. The van der Waals surface area contributed by atoms with Crippen molar-refractivity contribution >= 4 is 23.2 Å². The number of nitrogens with zero attached hydrogens (tertiary/aromatic N) is 3. The van der Waals surface area contributed by atoms with Gasteiger partial charge in [0.1, 0.15) is 5.69 Å². The van der Waals surface area contributed by atoms with Gasteiger partial charge in [-0.2, -0.15) is 18.2 Å². The van der Waals surface area contributed by atoms with Crippen LogP contribution in [0.25, 0.3) is 0 Å². The van der Waals surface area contributed by atoms with Gasteiger partial charge in [-0.15, -0.1) is 5.10 Å². The Morgan fingerprint density at radius 1 is 1.36 bits per heavy atom. The highest BCUT2D eigenvalue weighted by Gasteiger charge is 2.35. The molecule has 3 rings (SSSR count). The third-order valence-electron chi connectivity index (χ3n) is 3.37. The monoisotopic (exact) mass is 356 g/mol. The molecule has 132 valence electrons. The van der Waals surface area contributed by atoms with Crippen molar-refractivity contribution in [3.63, 3.8) is 0 Å². The average Bonchev–Trinajstić information content (AvgIpc) is 3.21. The molecule has 1 saturated carbocycles. The molecular weight excluding hydrogens is 345 g/mol. The smallest absolute Gasteiger partial charge is 0.377 e. The van der Waals surface area contributed by atoms with Crippen LogP contribution >= 0.6 is 0 Å². The number of benzene rings is 1. The van der Waals surface area contributed by atoms with Crippen molar-refractivity contribution in [1.29, 1.82) is 0 Å². The van der Waals surface area contributed by atoms with Crippen LogP contribution in [0.15, 0.2) is 18.2 Å². The van der Waals surface area contributed by atoms with Gasteiger partial charge in [-0.25, -0.2) is 0 Å². The minimum absolute atomic E-state index is 0.105. The average molecular weight is 356 g/mol. The molecule has 25 heavy (non-hydrogen) atoms. The molecule has 1 fully saturated rings. The topological polar surface area (TPSA) is 126 Å². The second-order valence-electron chi connectivity index (χ2n) is 5.37. The summed E-state index contributed by atoms with van der Waals surface area (Å²) in [4.78, 5) is 25.7. The van der Waals surface area contributed by atoms with Gasteiger partial charge in [0.15, 0.2) is 0 Å². The largest absolute Gasteiger partial charge is 0.451 e. The number of aromatic amines is 1. The van der Waals surface area contributed by atoms with Gasteiger partial charge in [-0.1, -0.05) is 0 Å².